The topological polar surface area (TPSA) is 44.9 Å². The normalized spacial score (nSPS) is 18.6. The standard InChI is InChI=1S/C17H14F2N4S/c18-14-3-1-2-11(16(14)19)4-5-12-8-15-22-6-7-24-10-13(22)9-23(15)17(20)21-12/h1-3,8,13,20H,6-7,9-10H2. The fourth-order valence-electron chi connectivity index (χ4n) is 3.05. The maximum Gasteiger partial charge on any atom is 0.224 e. The first-order valence-electron chi connectivity index (χ1n) is 7.60. The highest BCUT2D eigenvalue weighted by Gasteiger charge is 2.32. The van der Waals surface area contributed by atoms with Gasteiger partial charge in [0.15, 0.2) is 11.6 Å². The van der Waals surface area contributed by atoms with Gasteiger partial charge in [0.2, 0.25) is 5.62 Å². The molecule has 2 aliphatic heterocycles. The minimum absolute atomic E-state index is 0.0104. The second-order valence-corrected chi connectivity index (χ2v) is 6.86. The first-order valence-corrected chi connectivity index (χ1v) is 8.76. The monoisotopic (exact) mass is 344 g/mol. The first-order chi connectivity index (χ1) is 11.6. The minimum Gasteiger partial charge on any atom is -0.351 e. The predicted molar refractivity (Wildman–Crippen MR) is 88.9 cm³/mol. The van der Waals surface area contributed by atoms with Crippen LogP contribution in [0.3, 0.4) is 0 Å². The van der Waals surface area contributed by atoms with Gasteiger partial charge in [0, 0.05) is 30.7 Å². The van der Waals surface area contributed by atoms with Crippen molar-refractivity contribution in [2.45, 2.75) is 12.6 Å². The smallest absolute Gasteiger partial charge is 0.224 e. The Morgan fingerprint density at radius 1 is 1.29 bits per heavy atom. The molecule has 0 spiro atoms. The van der Waals surface area contributed by atoms with Gasteiger partial charge in [-0.05, 0) is 18.1 Å². The van der Waals surface area contributed by atoms with Crippen LogP contribution in [0.2, 0.25) is 0 Å². The average Bonchev–Trinajstić information content (AvgIpc) is 2.96. The van der Waals surface area contributed by atoms with Crippen molar-refractivity contribution in [3.8, 4) is 11.8 Å². The van der Waals surface area contributed by atoms with Crippen LogP contribution in [0.15, 0.2) is 24.3 Å². The molecule has 1 aromatic carbocycles. The highest BCUT2D eigenvalue weighted by Crippen LogP contribution is 2.29. The van der Waals surface area contributed by atoms with E-state index in [2.05, 4.69) is 21.7 Å². The summed E-state index contributed by atoms with van der Waals surface area (Å²) in [6.45, 7) is 1.70. The third kappa shape index (κ3) is 2.57. The zero-order chi connectivity index (χ0) is 16.7. The number of anilines is 1. The van der Waals surface area contributed by atoms with Gasteiger partial charge in [-0.3, -0.25) is 9.98 Å². The molecule has 1 N–H and O–H groups in total. The summed E-state index contributed by atoms with van der Waals surface area (Å²) >= 11 is 1.92. The zero-order valence-electron chi connectivity index (χ0n) is 12.7. The van der Waals surface area contributed by atoms with Crippen molar-refractivity contribution < 1.29 is 8.78 Å². The van der Waals surface area contributed by atoms with E-state index in [1.54, 1.807) is 0 Å². The highest BCUT2D eigenvalue weighted by molar-refractivity contribution is 7.99. The summed E-state index contributed by atoms with van der Waals surface area (Å²) in [5, 5.41) is 8.12. The minimum atomic E-state index is -0.959. The van der Waals surface area contributed by atoms with E-state index in [1.165, 1.54) is 12.1 Å². The van der Waals surface area contributed by atoms with Gasteiger partial charge in [0.05, 0.1) is 11.6 Å². The number of thioether (sulfide) groups is 1. The lowest BCUT2D eigenvalue weighted by molar-refractivity contribution is 0.506. The molecule has 4 rings (SSSR count). The lowest BCUT2D eigenvalue weighted by atomic mass is 10.2. The molecule has 1 unspecified atom stereocenters. The highest BCUT2D eigenvalue weighted by atomic mass is 32.2. The van der Waals surface area contributed by atoms with Crippen molar-refractivity contribution in [1.82, 2.24) is 9.55 Å². The number of hydrogen-bond acceptors (Lipinski definition) is 4. The summed E-state index contributed by atoms with van der Waals surface area (Å²) in [6.07, 6.45) is 0. The van der Waals surface area contributed by atoms with Crippen molar-refractivity contribution in [3.05, 3.63) is 52.8 Å². The molecular formula is C17H14F2N4S. The second kappa shape index (κ2) is 5.95. The Morgan fingerprint density at radius 3 is 3.04 bits per heavy atom. The summed E-state index contributed by atoms with van der Waals surface area (Å²) < 4.78 is 28.8. The Bertz CT molecular complexity index is 928. The van der Waals surface area contributed by atoms with Gasteiger partial charge in [-0.1, -0.05) is 12.0 Å². The molecule has 3 heterocycles. The Kier molecular flexibility index (Phi) is 3.77. The third-order valence-corrected chi connectivity index (χ3v) is 5.31. The van der Waals surface area contributed by atoms with Crippen LogP contribution in [0.1, 0.15) is 11.3 Å². The van der Waals surface area contributed by atoms with Crippen molar-refractivity contribution in [3.63, 3.8) is 0 Å². The van der Waals surface area contributed by atoms with Crippen molar-refractivity contribution in [2.24, 2.45) is 0 Å². The molecule has 24 heavy (non-hydrogen) atoms. The molecule has 2 aromatic rings. The van der Waals surface area contributed by atoms with E-state index < -0.39 is 11.6 Å². The average molecular weight is 344 g/mol. The summed E-state index contributed by atoms with van der Waals surface area (Å²) in [5.74, 6) is 6.53. The molecule has 0 aliphatic carbocycles. The molecule has 1 atom stereocenters. The fourth-order valence-corrected chi connectivity index (χ4v) is 4.10. The molecule has 0 saturated carbocycles. The SMILES string of the molecule is N=c1nc(C#Cc2cccc(F)c2F)cc2n1CC1CSCCN21. The van der Waals surface area contributed by atoms with Crippen molar-refractivity contribution in [2.75, 3.05) is 23.0 Å². The van der Waals surface area contributed by atoms with E-state index in [1.807, 2.05) is 22.4 Å². The Morgan fingerprint density at radius 2 is 2.17 bits per heavy atom. The van der Waals surface area contributed by atoms with Crippen LogP contribution in [0.4, 0.5) is 14.6 Å². The molecule has 0 amide bonds. The number of rotatable bonds is 0. The van der Waals surface area contributed by atoms with Gasteiger partial charge in [-0.25, -0.2) is 13.8 Å². The van der Waals surface area contributed by atoms with Gasteiger partial charge < -0.3 is 4.90 Å². The Hall–Kier alpha value is -2.33. The van der Waals surface area contributed by atoms with Gasteiger partial charge in [-0.2, -0.15) is 11.8 Å². The summed E-state index contributed by atoms with van der Waals surface area (Å²) in [4.78, 5) is 6.46. The van der Waals surface area contributed by atoms with Gasteiger partial charge in [0.25, 0.3) is 0 Å². The number of aromatic nitrogens is 2. The van der Waals surface area contributed by atoms with E-state index in [-0.39, 0.29) is 11.2 Å². The zero-order valence-corrected chi connectivity index (χ0v) is 13.5. The van der Waals surface area contributed by atoms with E-state index in [4.69, 9.17) is 5.41 Å². The molecule has 7 heteroatoms. The van der Waals surface area contributed by atoms with Gasteiger partial charge in [-0.15, -0.1) is 0 Å². The molecule has 2 aliphatic rings. The van der Waals surface area contributed by atoms with Crippen LogP contribution in [0.5, 0.6) is 0 Å². The van der Waals surface area contributed by atoms with Crippen LogP contribution in [0.25, 0.3) is 0 Å². The van der Waals surface area contributed by atoms with E-state index in [0.717, 1.165) is 36.5 Å². The number of hydrogen-bond donors (Lipinski definition) is 1. The number of benzene rings is 1. The summed E-state index contributed by atoms with van der Waals surface area (Å²) in [6, 6.07) is 6.12. The molecular weight excluding hydrogens is 330 g/mol. The van der Waals surface area contributed by atoms with Crippen molar-refractivity contribution in [1.29, 1.82) is 5.41 Å². The Balaban J connectivity index is 1.72. The summed E-state index contributed by atoms with van der Waals surface area (Å²) in [7, 11) is 0. The molecule has 4 nitrogen and oxygen atoms in total. The Labute approximate surface area is 142 Å². The molecule has 1 fully saturated rings. The molecule has 122 valence electrons. The molecule has 0 bridgehead atoms. The third-order valence-electron chi connectivity index (χ3n) is 4.22. The van der Waals surface area contributed by atoms with E-state index >= 15 is 0 Å². The van der Waals surface area contributed by atoms with E-state index in [9.17, 15) is 8.78 Å². The van der Waals surface area contributed by atoms with Gasteiger partial charge >= 0.3 is 0 Å². The number of nitrogens with zero attached hydrogens (tertiary/aromatic N) is 3. The molecule has 1 aromatic heterocycles. The quantitative estimate of drug-likeness (QED) is 0.744. The second-order valence-electron chi connectivity index (χ2n) is 5.71. The van der Waals surface area contributed by atoms with Crippen molar-refractivity contribution >= 4 is 17.6 Å². The largest absolute Gasteiger partial charge is 0.351 e. The fraction of sp³-hybridized carbons (Fsp3) is 0.294. The van der Waals surface area contributed by atoms with E-state index in [0.29, 0.717) is 11.7 Å². The maximum atomic E-state index is 13.7. The van der Waals surface area contributed by atoms with Crippen LogP contribution in [-0.2, 0) is 6.54 Å². The van der Waals surface area contributed by atoms with Gasteiger partial charge in [0.1, 0.15) is 11.5 Å². The lowest BCUT2D eigenvalue weighted by Gasteiger charge is -2.30. The van der Waals surface area contributed by atoms with Crippen LogP contribution >= 0.6 is 11.8 Å². The first kappa shape index (κ1) is 15.2. The van der Waals surface area contributed by atoms with Crippen LogP contribution < -0.4 is 10.5 Å². The molecule has 1 saturated heterocycles. The maximum absolute atomic E-state index is 13.7. The number of nitrogens with one attached hydrogen (secondary N) is 1. The lowest BCUT2D eigenvalue weighted by Crippen LogP contribution is -2.39. The number of halogens is 2. The van der Waals surface area contributed by atoms with Crippen LogP contribution in [-0.4, -0.2) is 33.6 Å². The molecule has 0 radical (unpaired) electrons. The summed E-state index contributed by atoms with van der Waals surface area (Å²) in [5.41, 5.74) is 0.536. The number of fused-ring (bicyclic) bond motifs is 3. The van der Waals surface area contributed by atoms with Crippen LogP contribution in [0, 0.1) is 28.9 Å². The predicted octanol–water partition coefficient (Wildman–Crippen LogP) is 1.98.